The smallest absolute Gasteiger partial charge is 0.250 e. The average Bonchev–Trinajstić information content (AvgIpc) is 2.86. The maximum absolute atomic E-state index is 13.5. The number of hydrogen-bond donors (Lipinski definition) is 1. The van der Waals surface area contributed by atoms with Gasteiger partial charge in [-0.2, -0.15) is 0 Å². The molecule has 8 heteroatoms. The maximum Gasteiger partial charge on any atom is 0.250 e. The number of rotatable bonds is 6. The zero-order chi connectivity index (χ0) is 14.6. The summed E-state index contributed by atoms with van der Waals surface area (Å²) in [5.41, 5.74) is 0.183. The van der Waals surface area contributed by atoms with Crippen LogP contribution in [0.25, 0.3) is 11.5 Å². The Labute approximate surface area is 116 Å². The standard InChI is InChI=1S/C12H14FN3O3S/c1-2-7-20(17,18)14-8-11-15-16-12(19-11)9-5-3-4-6-10(9)13/h3-6,14H,2,7-8H2,1H3. The molecule has 2 aromatic rings. The lowest BCUT2D eigenvalue weighted by molar-refractivity contribution is 0.490. The first-order valence-electron chi connectivity index (χ1n) is 6.06. The minimum absolute atomic E-state index is 0.0211. The molecule has 0 atom stereocenters. The Bertz CT molecular complexity index is 685. The largest absolute Gasteiger partial charge is 0.419 e. The fourth-order valence-electron chi connectivity index (χ4n) is 1.58. The molecule has 6 nitrogen and oxygen atoms in total. The molecule has 0 aliphatic carbocycles. The first-order valence-corrected chi connectivity index (χ1v) is 7.71. The third kappa shape index (κ3) is 3.61. The fraction of sp³-hybridized carbons (Fsp3) is 0.333. The molecule has 20 heavy (non-hydrogen) atoms. The van der Waals surface area contributed by atoms with Crippen LogP contribution < -0.4 is 4.72 Å². The van der Waals surface area contributed by atoms with Gasteiger partial charge in [0, 0.05) is 0 Å². The Hall–Kier alpha value is -1.80. The summed E-state index contributed by atoms with van der Waals surface area (Å²) < 4.78 is 44.0. The van der Waals surface area contributed by atoms with Gasteiger partial charge in [-0.3, -0.25) is 0 Å². The summed E-state index contributed by atoms with van der Waals surface area (Å²) in [4.78, 5) is 0. The van der Waals surface area contributed by atoms with Crippen molar-refractivity contribution in [3.05, 3.63) is 36.0 Å². The van der Waals surface area contributed by atoms with Crippen molar-refractivity contribution in [2.75, 3.05) is 5.75 Å². The molecule has 2 rings (SSSR count). The highest BCUT2D eigenvalue weighted by atomic mass is 32.2. The van der Waals surface area contributed by atoms with E-state index in [1.807, 2.05) is 0 Å². The maximum atomic E-state index is 13.5. The van der Waals surface area contributed by atoms with Crippen LogP contribution in [0.5, 0.6) is 0 Å². The number of sulfonamides is 1. The highest BCUT2D eigenvalue weighted by Gasteiger charge is 2.14. The van der Waals surface area contributed by atoms with E-state index in [2.05, 4.69) is 14.9 Å². The molecule has 0 saturated carbocycles. The van der Waals surface area contributed by atoms with Crippen molar-refractivity contribution in [2.24, 2.45) is 0 Å². The number of halogens is 1. The molecule has 108 valence electrons. The molecule has 0 amide bonds. The number of hydrogen-bond acceptors (Lipinski definition) is 5. The molecule has 1 N–H and O–H groups in total. The zero-order valence-electron chi connectivity index (χ0n) is 10.8. The van der Waals surface area contributed by atoms with Crippen molar-refractivity contribution in [3.8, 4) is 11.5 Å². The number of nitrogens with zero attached hydrogens (tertiary/aromatic N) is 2. The van der Waals surface area contributed by atoms with Gasteiger partial charge < -0.3 is 4.42 Å². The topological polar surface area (TPSA) is 85.1 Å². The van der Waals surface area contributed by atoms with Gasteiger partial charge >= 0.3 is 0 Å². The Balaban J connectivity index is 2.09. The van der Waals surface area contributed by atoms with Crippen molar-refractivity contribution in [3.63, 3.8) is 0 Å². The number of benzene rings is 1. The van der Waals surface area contributed by atoms with Crippen LogP contribution >= 0.6 is 0 Å². The van der Waals surface area contributed by atoms with Gasteiger partial charge in [-0.15, -0.1) is 10.2 Å². The lowest BCUT2D eigenvalue weighted by Crippen LogP contribution is -2.25. The van der Waals surface area contributed by atoms with E-state index < -0.39 is 15.8 Å². The minimum Gasteiger partial charge on any atom is -0.419 e. The predicted molar refractivity (Wildman–Crippen MR) is 70.6 cm³/mol. The van der Waals surface area contributed by atoms with Crippen LogP contribution in [0.4, 0.5) is 4.39 Å². The van der Waals surface area contributed by atoms with Gasteiger partial charge in [0.25, 0.3) is 5.89 Å². The van der Waals surface area contributed by atoms with E-state index in [4.69, 9.17) is 4.42 Å². The Morgan fingerprint density at radius 2 is 2.05 bits per heavy atom. The van der Waals surface area contributed by atoms with E-state index in [0.717, 1.165) is 0 Å². The van der Waals surface area contributed by atoms with Crippen molar-refractivity contribution < 1.29 is 17.2 Å². The molecular weight excluding hydrogens is 285 g/mol. The van der Waals surface area contributed by atoms with Crippen LogP contribution in [0.2, 0.25) is 0 Å². The monoisotopic (exact) mass is 299 g/mol. The molecule has 0 aliphatic rings. The highest BCUT2D eigenvalue weighted by Crippen LogP contribution is 2.20. The van der Waals surface area contributed by atoms with Crippen LogP contribution in [-0.2, 0) is 16.6 Å². The van der Waals surface area contributed by atoms with Gasteiger partial charge in [0.2, 0.25) is 15.9 Å². The van der Waals surface area contributed by atoms with Crippen LogP contribution in [0.15, 0.2) is 28.7 Å². The van der Waals surface area contributed by atoms with E-state index in [9.17, 15) is 12.8 Å². The second kappa shape index (κ2) is 6.10. The highest BCUT2D eigenvalue weighted by molar-refractivity contribution is 7.89. The van der Waals surface area contributed by atoms with Gasteiger partial charge in [-0.05, 0) is 18.6 Å². The molecule has 1 aromatic carbocycles. The summed E-state index contributed by atoms with van der Waals surface area (Å²) in [5, 5.41) is 7.39. The first-order chi connectivity index (χ1) is 9.52. The predicted octanol–water partition coefficient (Wildman–Crippen LogP) is 1.71. The van der Waals surface area contributed by atoms with Gasteiger partial charge in [0.05, 0.1) is 17.9 Å². The SMILES string of the molecule is CCCS(=O)(=O)NCc1nnc(-c2ccccc2F)o1. The fourth-order valence-corrected chi connectivity index (χ4v) is 2.61. The summed E-state index contributed by atoms with van der Waals surface area (Å²) in [6.45, 7) is 1.66. The van der Waals surface area contributed by atoms with E-state index in [0.29, 0.717) is 6.42 Å². The van der Waals surface area contributed by atoms with Gasteiger partial charge in [-0.1, -0.05) is 19.1 Å². The average molecular weight is 299 g/mol. The summed E-state index contributed by atoms with van der Waals surface area (Å²) in [7, 11) is -3.35. The van der Waals surface area contributed by atoms with Crippen molar-refractivity contribution in [2.45, 2.75) is 19.9 Å². The van der Waals surface area contributed by atoms with E-state index >= 15 is 0 Å². The van der Waals surface area contributed by atoms with E-state index in [1.165, 1.54) is 12.1 Å². The molecule has 0 unspecified atom stereocenters. The first kappa shape index (κ1) is 14.6. The molecule has 0 fully saturated rings. The second-order valence-electron chi connectivity index (χ2n) is 4.12. The summed E-state index contributed by atoms with van der Waals surface area (Å²) in [5.74, 6) is -0.341. The van der Waals surface area contributed by atoms with Crippen LogP contribution in [0.1, 0.15) is 19.2 Å². The van der Waals surface area contributed by atoms with Crippen LogP contribution in [-0.4, -0.2) is 24.4 Å². The quantitative estimate of drug-likeness (QED) is 0.877. The van der Waals surface area contributed by atoms with Gasteiger partial charge in [0.15, 0.2) is 0 Å². The van der Waals surface area contributed by atoms with Crippen molar-refractivity contribution in [1.29, 1.82) is 0 Å². The summed E-state index contributed by atoms with van der Waals surface area (Å²) >= 11 is 0. The summed E-state index contributed by atoms with van der Waals surface area (Å²) in [6.07, 6.45) is 0.514. The third-order valence-corrected chi connectivity index (χ3v) is 4.02. The summed E-state index contributed by atoms with van der Waals surface area (Å²) in [6, 6.07) is 5.98. The van der Waals surface area contributed by atoms with Crippen molar-refractivity contribution >= 4 is 10.0 Å². The number of nitrogens with one attached hydrogen (secondary N) is 1. The Morgan fingerprint density at radius 1 is 1.30 bits per heavy atom. The van der Waals surface area contributed by atoms with Crippen LogP contribution in [0, 0.1) is 5.82 Å². The molecule has 1 heterocycles. The number of aromatic nitrogens is 2. The third-order valence-electron chi connectivity index (χ3n) is 2.49. The lowest BCUT2D eigenvalue weighted by Gasteiger charge is -2.01. The second-order valence-corrected chi connectivity index (χ2v) is 6.05. The zero-order valence-corrected chi connectivity index (χ0v) is 11.7. The minimum atomic E-state index is -3.35. The molecule has 0 bridgehead atoms. The molecule has 0 saturated heterocycles. The molecule has 1 aromatic heterocycles. The van der Waals surface area contributed by atoms with E-state index in [-0.39, 0.29) is 29.6 Å². The Morgan fingerprint density at radius 3 is 2.75 bits per heavy atom. The van der Waals surface area contributed by atoms with Gasteiger partial charge in [-0.25, -0.2) is 17.5 Å². The lowest BCUT2D eigenvalue weighted by atomic mass is 10.2. The normalized spacial score (nSPS) is 11.7. The van der Waals surface area contributed by atoms with Crippen molar-refractivity contribution in [1.82, 2.24) is 14.9 Å². The Kier molecular flexibility index (Phi) is 4.46. The molecule has 0 spiro atoms. The van der Waals surface area contributed by atoms with Gasteiger partial charge in [0.1, 0.15) is 5.82 Å². The molecular formula is C12H14FN3O3S. The van der Waals surface area contributed by atoms with E-state index in [1.54, 1.807) is 19.1 Å². The molecule has 0 radical (unpaired) electrons. The van der Waals surface area contributed by atoms with Crippen LogP contribution in [0.3, 0.4) is 0 Å². The molecule has 0 aliphatic heterocycles.